The second-order valence-electron chi connectivity index (χ2n) is 6.13. The molecule has 1 aliphatic rings. The molecule has 0 spiro atoms. The number of rotatable bonds is 5. The number of carboxylic acid groups (broad SMARTS) is 1. The van der Waals surface area contributed by atoms with Crippen LogP contribution in [0.4, 0.5) is 0 Å². The summed E-state index contributed by atoms with van der Waals surface area (Å²) >= 11 is 0. The lowest BCUT2D eigenvalue weighted by Gasteiger charge is -2.26. The summed E-state index contributed by atoms with van der Waals surface area (Å²) in [6.45, 7) is 5.62. The first kappa shape index (κ1) is 15.5. The Kier molecular flexibility index (Phi) is 3.80. The molecule has 1 heterocycles. The van der Waals surface area contributed by atoms with Crippen molar-refractivity contribution in [2.45, 2.75) is 38.7 Å². The Morgan fingerprint density at radius 3 is 2.61 bits per heavy atom. The van der Waals surface area contributed by atoms with E-state index in [9.17, 15) is 9.90 Å². The van der Waals surface area contributed by atoms with Crippen LogP contribution in [-0.4, -0.2) is 27.1 Å². The highest BCUT2D eigenvalue weighted by molar-refractivity contribution is 5.77. The summed E-state index contributed by atoms with van der Waals surface area (Å²) in [5.41, 5.74) is 1.27. The zero-order valence-electron chi connectivity index (χ0n) is 13.5. The third-order valence-electron chi connectivity index (χ3n) is 4.70. The minimum Gasteiger partial charge on any atom is -0.486 e. The van der Waals surface area contributed by atoms with E-state index in [0.29, 0.717) is 18.0 Å². The fourth-order valence-electron chi connectivity index (χ4n) is 3.32. The Morgan fingerprint density at radius 2 is 2.04 bits per heavy atom. The smallest absolute Gasteiger partial charge is 0.307 e. The maximum atomic E-state index is 11.5. The highest BCUT2D eigenvalue weighted by Gasteiger charge is 2.63. The Hall–Kier alpha value is -2.43. The average molecular weight is 312 g/mol. The van der Waals surface area contributed by atoms with Gasteiger partial charge in [0.05, 0.1) is 17.8 Å². The molecule has 0 saturated heterocycles. The van der Waals surface area contributed by atoms with Gasteiger partial charge in [-0.05, 0) is 32.8 Å². The Bertz CT molecular complexity index is 732. The zero-order chi connectivity index (χ0) is 16.6. The maximum Gasteiger partial charge on any atom is 0.307 e. The summed E-state index contributed by atoms with van der Waals surface area (Å²) in [6.07, 6.45) is 1.96. The van der Waals surface area contributed by atoms with Gasteiger partial charge in [-0.25, -0.2) is 9.97 Å². The summed E-state index contributed by atoms with van der Waals surface area (Å²) in [5.74, 6) is 0.0947. The first-order chi connectivity index (χ1) is 10.9. The van der Waals surface area contributed by atoms with Crippen LogP contribution >= 0.6 is 0 Å². The van der Waals surface area contributed by atoms with Crippen LogP contribution in [0.1, 0.15) is 30.4 Å². The average Bonchev–Trinajstić information content (AvgIpc) is 3.28. The van der Waals surface area contributed by atoms with E-state index >= 15 is 0 Å². The molecule has 3 rings (SSSR count). The maximum absolute atomic E-state index is 11.5. The molecule has 5 nitrogen and oxygen atoms in total. The molecular formula is C18H20N2O3. The van der Waals surface area contributed by atoms with Crippen LogP contribution in [0.5, 0.6) is 5.75 Å². The van der Waals surface area contributed by atoms with Crippen molar-refractivity contribution in [1.29, 1.82) is 0 Å². The first-order valence-corrected chi connectivity index (χ1v) is 7.70. The van der Waals surface area contributed by atoms with E-state index in [1.807, 2.05) is 51.1 Å². The number of carboxylic acids is 1. The number of aliphatic carboxylic acids is 1. The van der Waals surface area contributed by atoms with Crippen molar-refractivity contribution in [3.05, 3.63) is 53.6 Å². The minimum atomic E-state index is -0.777. The number of carbonyl (C=O) groups is 1. The summed E-state index contributed by atoms with van der Waals surface area (Å²) < 4.78 is 6.07. The Balaban J connectivity index is 1.91. The molecule has 1 aliphatic carbocycles. The lowest BCUT2D eigenvalue weighted by atomic mass is 9.88. The standard InChI is InChI=1S/C18H20N2O3/c1-11-16(10-19-13(3)20-11)23-12(2)18(9-15(18)17(21)22)14-7-5-4-6-8-14/h4-8,10,12,15H,9H2,1-3H3,(H,21,22)/t12?,15-,18+/m0/s1. The molecule has 1 aromatic carbocycles. The van der Waals surface area contributed by atoms with Crippen LogP contribution in [0.3, 0.4) is 0 Å². The quantitative estimate of drug-likeness (QED) is 0.919. The topological polar surface area (TPSA) is 72.3 Å². The number of benzene rings is 1. The van der Waals surface area contributed by atoms with E-state index in [4.69, 9.17) is 4.74 Å². The van der Waals surface area contributed by atoms with Crippen LogP contribution in [0.2, 0.25) is 0 Å². The predicted molar refractivity (Wildman–Crippen MR) is 85.5 cm³/mol. The normalized spacial score (nSPS) is 24.0. The minimum absolute atomic E-state index is 0.281. The second kappa shape index (κ2) is 5.65. The molecule has 0 radical (unpaired) electrons. The van der Waals surface area contributed by atoms with Gasteiger partial charge in [-0.2, -0.15) is 0 Å². The third-order valence-corrected chi connectivity index (χ3v) is 4.70. The summed E-state index contributed by atoms with van der Waals surface area (Å²) in [4.78, 5) is 20.0. The van der Waals surface area contributed by atoms with E-state index < -0.39 is 17.3 Å². The first-order valence-electron chi connectivity index (χ1n) is 7.70. The monoisotopic (exact) mass is 312 g/mol. The molecule has 0 amide bonds. The van der Waals surface area contributed by atoms with Crippen LogP contribution < -0.4 is 4.74 Å². The van der Waals surface area contributed by atoms with Crippen LogP contribution in [0.15, 0.2) is 36.5 Å². The number of hydrogen-bond donors (Lipinski definition) is 1. The highest BCUT2D eigenvalue weighted by Crippen LogP contribution is 2.57. The van der Waals surface area contributed by atoms with Crippen molar-refractivity contribution in [2.75, 3.05) is 0 Å². The fraction of sp³-hybridized carbons (Fsp3) is 0.389. The van der Waals surface area contributed by atoms with Crippen molar-refractivity contribution in [1.82, 2.24) is 9.97 Å². The Labute approximate surface area is 135 Å². The molecule has 2 aromatic rings. The molecule has 5 heteroatoms. The van der Waals surface area contributed by atoms with Crippen LogP contribution in [0.25, 0.3) is 0 Å². The van der Waals surface area contributed by atoms with Gasteiger partial charge in [-0.15, -0.1) is 0 Å². The van der Waals surface area contributed by atoms with Gasteiger partial charge in [0.15, 0.2) is 5.75 Å². The molecule has 0 aliphatic heterocycles. The van der Waals surface area contributed by atoms with Crippen molar-refractivity contribution in [3.8, 4) is 5.75 Å². The van der Waals surface area contributed by atoms with Crippen LogP contribution in [-0.2, 0) is 10.2 Å². The van der Waals surface area contributed by atoms with Gasteiger partial charge in [0.1, 0.15) is 11.9 Å². The number of nitrogens with zero attached hydrogens (tertiary/aromatic N) is 2. The van der Waals surface area contributed by atoms with E-state index in [1.54, 1.807) is 6.20 Å². The molecule has 23 heavy (non-hydrogen) atoms. The molecule has 3 atom stereocenters. The number of aryl methyl sites for hydroxylation is 2. The summed E-state index contributed by atoms with van der Waals surface area (Å²) in [5, 5.41) is 9.48. The summed E-state index contributed by atoms with van der Waals surface area (Å²) in [6, 6.07) is 9.74. The molecule has 1 unspecified atom stereocenters. The summed E-state index contributed by atoms with van der Waals surface area (Å²) in [7, 11) is 0. The fourth-order valence-corrected chi connectivity index (χ4v) is 3.32. The van der Waals surface area contributed by atoms with Crippen molar-refractivity contribution < 1.29 is 14.6 Å². The SMILES string of the molecule is Cc1ncc(OC(C)[C@@]2(c3ccccc3)C[C@H]2C(=O)O)c(C)n1. The van der Waals surface area contributed by atoms with Crippen LogP contribution in [0, 0.1) is 19.8 Å². The second-order valence-corrected chi connectivity index (χ2v) is 6.13. The molecule has 1 aromatic heterocycles. The van der Waals surface area contributed by atoms with Crippen molar-refractivity contribution >= 4 is 5.97 Å². The van der Waals surface area contributed by atoms with E-state index in [1.165, 1.54) is 0 Å². The number of hydrogen-bond acceptors (Lipinski definition) is 4. The molecule has 0 bridgehead atoms. The zero-order valence-corrected chi connectivity index (χ0v) is 13.5. The van der Waals surface area contributed by atoms with Gasteiger partial charge in [0.25, 0.3) is 0 Å². The third kappa shape index (κ3) is 2.67. The lowest BCUT2D eigenvalue weighted by molar-refractivity contribution is -0.139. The van der Waals surface area contributed by atoms with Gasteiger partial charge in [0.2, 0.25) is 0 Å². The molecule has 1 fully saturated rings. The lowest BCUT2D eigenvalue weighted by Crippen LogP contribution is -2.33. The van der Waals surface area contributed by atoms with Crippen molar-refractivity contribution in [3.63, 3.8) is 0 Å². The largest absolute Gasteiger partial charge is 0.486 e. The molecule has 1 saturated carbocycles. The molecule has 1 N–H and O–H groups in total. The van der Waals surface area contributed by atoms with Gasteiger partial charge in [-0.1, -0.05) is 30.3 Å². The number of ether oxygens (including phenoxy) is 1. The van der Waals surface area contributed by atoms with Crippen molar-refractivity contribution in [2.24, 2.45) is 5.92 Å². The van der Waals surface area contributed by atoms with E-state index in [-0.39, 0.29) is 6.10 Å². The Morgan fingerprint density at radius 1 is 1.35 bits per heavy atom. The van der Waals surface area contributed by atoms with E-state index in [2.05, 4.69) is 9.97 Å². The van der Waals surface area contributed by atoms with Gasteiger partial charge in [0, 0.05) is 5.41 Å². The number of aromatic nitrogens is 2. The molecular weight excluding hydrogens is 292 g/mol. The molecule has 120 valence electrons. The highest BCUT2D eigenvalue weighted by atomic mass is 16.5. The van der Waals surface area contributed by atoms with Gasteiger partial charge < -0.3 is 9.84 Å². The predicted octanol–water partition coefficient (Wildman–Crippen LogP) is 2.90. The van der Waals surface area contributed by atoms with E-state index in [0.717, 1.165) is 11.3 Å². The van der Waals surface area contributed by atoms with Gasteiger partial charge in [-0.3, -0.25) is 4.79 Å². The van der Waals surface area contributed by atoms with Gasteiger partial charge >= 0.3 is 5.97 Å².